The van der Waals surface area contributed by atoms with Gasteiger partial charge in [-0.15, -0.1) is 11.3 Å². The zero-order valence-electron chi connectivity index (χ0n) is 16.9. The van der Waals surface area contributed by atoms with Crippen LogP contribution in [0.4, 0.5) is 11.4 Å². The summed E-state index contributed by atoms with van der Waals surface area (Å²) < 4.78 is 5.45. The average molecular weight is 421 g/mol. The van der Waals surface area contributed by atoms with Crippen LogP contribution in [0.1, 0.15) is 25.6 Å². The van der Waals surface area contributed by atoms with Crippen molar-refractivity contribution >= 4 is 32.9 Å². The molecule has 30 heavy (non-hydrogen) atoms. The van der Waals surface area contributed by atoms with E-state index in [1.54, 1.807) is 6.26 Å². The Morgan fingerprint density at radius 1 is 1.23 bits per heavy atom. The van der Waals surface area contributed by atoms with Gasteiger partial charge in [0.25, 0.3) is 5.56 Å². The van der Waals surface area contributed by atoms with Crippen molar-refractivity contribution in [3.8, 4) is 11.3 Å². The van der Waals surface area contributed by atoms with Crippen LogP contribution < -0.4 is 15.8 Å². The van der Waals surface area contributed by atoms with Crippen molar-refractivity contribution in [1.29, 1.82) is 0 Å². The first-order chi connectivity index (χ1) is 14.7. The first-order valence-electron chi connectivity index (χ1n) is 10.3. The van der Waals surface area contributed by atoms with Gasteiger partial charge in [0.1, 0.15) is 16.4 Å². The second kappa shape index (κ2) is 7.99. The summed E-state index contributed by atoms with van der Waals surface area (Å²) in [5, 5.41) is 5.86. The minimum atomic E-state index is -0.140. The van der Waals surface area contributed by atoms with Gasteiger partial charge in [-0.2, -0.15) is 0 Å². The summed E-state index contributed by atoms with van der Waals surface area (Å²) >= 11 is 1.46. The normalized spacial score (nSPS) is 15.0. The number of thiophene rings is 1. The molecule has 0 unspecified atom stereocenters. The summed E-state index contributed by atoms with van der Waals surface area (Å²) in [7, 11) is 0. The molecule has 0 radical (unpaired) electrons. The zero-order valence-corrected chi connectivity index (χ0v) is 17.7. The molecule has 0 bridgehead atoms. The van der Waals surface area contributed by atoms with Gasteiger partial charge in [0.15, 0.2) is 0 Å². The van der Waals surface area contributed by atoms with E-state index in [0.717, 1.165) is 35.1 Å². The number of aromatic amines is 1. The van der Waals surface area contributed by atoms with Crippen molar-refractivity contribution in [2.24, 2.45) is 5.92 Å². The van der Waals surface area contributed by atoms with Gasteiger partial charge in [-0.25, -0.2) is 4.98 Å². The Labute approximate surface area is 178 Å². The molecular formula is C23H24N4O2S. The molecule has 5 rings (SSSR count). The first-order valence-corrected chi connectivity index (χ1v) is 11.2. The quantitative estimate of drug-likeness (QED) is 0.470. The van der Waals surface area contributed by atoms with E-state index in [2.05, 4.69) is 51.4 Å². The summed E-state index contributed by atoms with van der Waals surface area (Å²) in [6, 6.07) is 12.2. The molecule has 7 heteroatoms. The van der Waals surface area contributed by atoms with Crippen LogP contribution in [0, 0.1) is 5.92 Å². The van der Waals surface area contributed by atoms with E-state index in [0.29, 0.717) is 23.5 Å². The zero-order chi connectivity index (χ0) is 20.5. The highest BCUT2D eigenvalue weighted by Gasteiger charge is 2.16. The second-order valence-electron chi connectivity index (χ2n) is 7.89. The molecular weight excluding hydrogens is 396 g/mol. The highest BCUT2D eigenvalue weighted by molar-refractivity contribution is 7.17. The third-order valence-corrected chi connectivity index (χ3v) is 6.63. The molecule has 1 aliphatic rings. The molecule has 154 valence electrons. The number of aromatic nitrogens is 2. The molecule has 1 aromatic carbocycles. The lowest BCUT2D eigenvalue weighted by Gasteiger charge is -2.32. The Bertz CT molecular complexity index is 1190. The molecule has 4 heterocycles. The smallest absolute Gasteiger partial charge is 0.260 e. The van der Waals surface area contributed by atoms with Crippen LogP contribution >= 0.6 is 11.3 Å². The standard InChI is InChI=1S/C23H24N4O2S/c1-15-8-10-27(11-9-15)17-6-4-16(5-7-17)24-13-20-25-22(28)21-18(14-30-23(21)26-20)19-3-2-12-29-19/h2-7,12,14-15,24H,8-11,13H2,1H3,(H,25,26,28). The van der Waals surface area contributed by atoms with Crippen LogP contribution in [0.3, 0.4) is 0 Å². The molecule has 0 amide bonds. The number of anilines is 2. The van der Waals surface area contributed by atoms with Crippen LogP contribution in [-0.2, 0) is 6.54 Å². The fourth-order valence-corrected chi connectivity index (χ4v) is 4.88. The topological polar surface area (TPSA) is 74.2 Å². The number of fused-ring (bicyclic) bond motifs is 1. The number of H-pyrrole nitrogens is 1. The fraction of sp³-hybridized carbons (Fsp3) is 0.304. The Balaban J connectivity index is 1.29. The Morgan fingerprint density at radius 2 is 2.03 bits per heavy atom. The van der Waals surface area contributed by atoms with Gasteiger partial charge in [0.2, 0.25) is 0 Å². The lowest BCUT2D eigenvalue weighted by atomic mass is 9.99. The first kappa shape index (κ1) is 18.9. The van der Waals surface area contributed by atoms with Gasteiger partial charge < -0.3 is 19.6 Å². The molecule has 0 spiro atoms. The van der Waals surface area contributed by atoms with Gasteiger partial charge in [0.05, 0.1) is 18.2 Å². The molecule has 3 aromatic heterocycles. The van der Waals surface area contributed by atoms with Crippen LogP contribution in [0.25, 0.3) is 21.5 Å². The van der Waals surface area contributed by atoms with Crippen molar-refractivity contribution in [1.82, 2.24) is 9.97 Å². The summed E-state index contributed by atoms with van der Waals surface area (Å²) in [6.07, 6.45) is 4.12. The van der Waals surface area contributed by atoms with Gasteiger partial charge >= 0.3 is 0 Å². The number of hydrogen-bond acceptors (Lipinski definition) is 6. The summed E-state index contributed by atoms with van der Waals surface area (Å²) in [5.41, 5.74) is 2.92. The Morgan fingerprint density at radius 3 is 2.77 bits per heavy atom. The molecule has 4 aromatic rings. The Hall–Kier alpha value is -3.06. The molecule has 0 saturated carbocycles. The molecule has 6 nitrogen and oxygen atoms in total. The lowest BCUT2D eigenvalue weighted by molar-refractivity contribution is 0.438. The predicted molar refractivity (Wildman–Crippen MR) is 122 cm³/mol. The maximum Gasteiger partial charge on any atom is 0.260 e. The van der Waals surface area contributed by atoms with E-state index < -0.39 is 0 Å². The van der Waals surface area contributed by atoms with E-state index in [-0.39, 0.29) is 5.56 Å². The molecule has 0 aliphatic carbocycles. The average Bonchev–Trinajstić information content (AvgIpc) is 3.43. The minimum absolute atomic E-state index is 0.140. The van der Waals surface area contributed by atoms with Crippen molar-refractivity contribution in [2.75, 3.05) is 23.3 Å². The van der Waals surface area contributed by atoms with Crippen LogP contribution in [0.15, 0.2) is 57.3 Å². The molecule has 1 saturated heterocycles. The highest BCUT2D eigenvalue weighted by atomic mass is 32.1. The maximum atomic E-state index is 12.7. The maximum absolute atomic E-state index is 12.7. The third kappa shape index (κ3) is 3.73. The van der Waals surface area contributed by atoms with Crippen LogP contribution in [0.5, 0.6) is 0 Å². The van der Waals surface area contributed by atoms with Gasteiger partial charge in [-0.05, 0) is 55.2 Å². The van der Waals surface area contributed by atoms with E-state index in [1.807, 2.05) is 17.5 Å². The van der Waals surface area contributed by atoms with E-state index >= 15 is 0 Å². The number of benzene rings is 1. The summed E-state index contributed by atoms with van der Waals surface area (Å²) in [6.45, 7) is 5.04. The van der Waals surface area contributed by atoms with Gasteiger partial charge in [-0.3, -0.25) is 4.79 Å². The highest BCUT2D eigenvalue weighted by Crippen LogP contribution is 2.31. The predicted octanol–water partition coefficient (Wildman–Crippen LogP) is 5.09. The van der Waals surface area contributed by atoms with Crippen LogP contribution in [-0.4, -0.2) is 23.1 Å². The summed E-state index contributed by atoms with van der Waals surface area (Å²) in [4.78, 5) is 23.4. The molecule has 2 N–H and O–H groups in total. The number of piperidine rings is 1. The lowest BCUT2D eigenvalue weighted by Crippen LogP contribution is -2.32. The Kier molecular flexibility index (Phi) is 5.04. The van der Waals surface area contributed by atoms with E-state index in [1.165, 1.54) is 29.9 Å². The number of furan rings is 1. The molecule has 0 atom stereocenters. The van der Waals surface area contributed by atoms with Crippen molar-refractivity contribution in [3.63, 3.8) is 0 Å². The van der Waals surface area contributed by atoms with E-state index in [9.17, 15) is 4.79 Å². The van der Waals surface area contributed by atoms with Gasteiger partial charge in [0, 0.05) is 35.4 Å². The fourth-order valence-electron chi connectivity index (χ4n) is 3.93. The monoisotopic (exact) mass is 420 g/mol. The van der Waals surface area contributed by atoms with Crippen molar-refractivity contribution in [3.05, 3.63) is 64.2 Å². The second-order valence-corrected chi connectivity index (χ2v) is 8.75. The van der Waals surface area contributed by atoms with Crippen molar-refractivity contribution in [2.45, 2.75) is 26.3 Å². The number of nitrogens with zero attached hydrogens (tertiary/aromatic N) is 2. The van der Waals surface area contributed by atoms with Crippen LogP contribution in [0.2, 0.25) is 0 Å². The minimum Gasteiger partial charge on any atom is -0.464 e. The largest absolute Gasteiger partial charge is 0.464 e. The van der Waals surface area contributed by atoms with E-state index in [4.69, 9.17) is 4.42 Å². The molecule has 1 fully saturated rings. The third-order valence-electron chi connectivity index (χ3n) is 5.76. The number of hydrogen-bond donors (Lipinski definition) is 2. The SMILES string of the molecule is CC1CCN(c2ccc(NCc3nc4scc(-c5ccco5)c4c(=O)[nH]3)cc2)CC1. The van der Waals surface area contributed by atoms with Gasteiger partial charge in [-0.1, -0.05) is 6.92 Å². The summed E-state index contributed by atoms with van der Waals surface area (Å²) in [5.74, 6) is 2.13. The van der Waals surface area contributed by atoms with Crippen molar-refractivity contribution < 1.29 is 4.42 Å². The molecule has 1 aliphatic heterocycles. The number of nitrogens with one attached hydrogen (secondary N) is 2. The number of rotatable bonds is 5.